The summed E-state index contributed by atoms with van der Waals surface area (Å²) >= 11 is 0. The van der Waals surface area contributed by atoms with Crippen LogP contribution in [0.1, 0.15) is 25.3 Å². The summed E-state index contributed by atoms with van der Waals surface area (Å²) in [6.45, 7) is 5.43. The molecule has 4 N–H and O–H groups in total. The molecule has 1 unspecified atom stereocenters. The Labute approximate surface area is 102 Å². The molecule has 0 aliphatic carbocycles. The van der Waals surface area contributed by atoms with E-state index in [9.17, 15) is 4.39 Å². The molecule has 17 heavy (non-hydrogen) atoms. The van der Waals surface area contributed by atoms with Crippen molar-refractivity contribution in [3.8, 4) is 5.75 Å². The average Bonchev–Trinajstić information content (AvgIpc) is 2.33. The Balaban J connectivity index is 3.04. The van der Waals surface area contributed by atoms with E-state index >= 15 is 0 Å². The van der Waals surface area contributed by atoms with Crippen LogP contribution in [0.25, 0.3) is 0 Å². The van der Waals surface area contributed by atoms with Gasteiger partial charge in [-0.2, -0.15) is 0 Å². The van der Waals surface area contributed by atoms with Gasteiger partial charge in [0.2, 0.25) is 0 Å². The Hall–Kier alpha value is -1.13. The number of hydrogen-bond acceptors (Lipinski definition) is 3. The first-order valence-corrected chi connectivity index (χ1v) is 5.96. The fraction of sp³-hybridized carbons (Fsp3) is 0.538. The molecule has 0 bridgehead atoms. The highest BCUT2D eigenvalue weighted by Crippen LogP contribution is 2.31. The lowest BCUT2D eigenvalue weighted by molar-refractivity contribution is 0.328. The van der Waals surface area contributed by atoms with Gasteiger partial charge in [0.15, 0.2) is 0 Å². The van der Waals surface area contributed by atoms with E-state index in [0.29, 0.717) is 25.4 Å². The predicted octanol–water partition coefficient (Wildman–Crippen LogP) is 1.86. The van der Waals surface area contributed by atoms with Crippen molar-refractivity contribution in [2.45, 2.75) is 19.8 Å². The maximum Gasteiger partial charge on any atom is 0.123 e. The van der Waals surface area contributed by atoms with Crippen LogP contribution in [0.5, 0.6) is 5.75 Å². The number of nitrogens with two attached hydrogens (primary N) is 2. The van der Waals surface area contributed by atoms with Crippen LogP contribution >= 0.6 is 0 Å². The summed E-state index contributed by atoms with van der Waals surface area (Å²) in [6, 6.07) is 4.57. The lowest BCUT2D eigenvalue weighted by Crippen LogP contribution is -2.28. The van der Waals surface area contributed by atoms with E-state index in [4.69, 9.17) is 16.2 Å². The minimum atomic E-state index is -0.261. The van der Waals surface area contributed by atoms with Crippen LogP contribution < -0.4 is 16.2 Å². The van der Waals surface area contributed by atoms with Crippen molar-refractivity contribution in [3.63, 3.8) is 0 Å². The summed E-state index contributed by atoms with van der Waals surface area (Å²) in [5.74, 6) is 0.676. The van der Waals surface area contributed by atoms with Gasteiger partial charge in [-0.05, 0) is 50.0 Å². The summed E-state index contributed by atoms with van der Waals surface area (Å²) in [5.41, 5.74) is 12.2. The van der Waals surface area contributed by atoms with E-state index < -0.39 is 0 Å². The molecule has 0 radical (unpaired) electrons. The van der Waals surface area contributed by atoms with Crippen LogP contribution in [0, 0.1) is 11.7 Å². The second-order valence-electron chi connectivity index (χ2n) is 4.14. The first-order chi connectivity index (χ1) is 8.13. The second-order valence-corrected chi connectivity index (χ2v) is 4.14. The van der Waals surface area contributed by atoms with Crippen molar-refractivity contribution in [2.75, 3.05) is 19.7 Å². The van der Waals surface area contributed by atoms with Gasteiger partial charge in [0.05, 0.1) is 6.61 Å². The van der Waals surface area contributed by atoms with Gasteiger partial charge in [-0.3, -0.25) is 0 Å². The molecule has 96 valence electrons. The third-order valence-electron chi connectivity index (χ3n) is 3.07. The van der Waals surface area contributed by atoms with Crippen LogP contribution in [0.3, 0.4) is 0 Å². The zero-order chi connectivity index (χ0) is 12.8. The third-order valence-corrected chi connectivity index (χ3v) is 3.07. The molecule has 1 aromatic carbocycles. The van der Waals surface area contributed by atoms with E-state index in [1.807, 2.05) is 13.8 Å². The van der Waals surface area contributed by atoms with E-state index in [1.54, 1.807) is 6.07 Å². The number of hydrogen-bond donors (Lipinski definition) is 2. The molecule has 0 fully saturated rings. The molecule has 1 atom stereocenters. The lowest BCUT2D eigenvalue weighted by Gasteiger charge is -2.23. The third kappa shape index (κ3) is 3.41. The average molecular weight is 240 g/mol. The quantitative estimate of drug-likeness (QED) is 0.798. The van der Waals surface area contributed by atoms with E-state index in [2.05, 4.69) is 0 Å². The molecule has 3 nitrogen and oxygen atoms in total. The minimum Gasteiger partial charge on any atom is -0.494 e. The lowest BCUT2D eigenvalue weighted by atomic mass is 9.87. The first-order valence-electron chi connectivity index (χ1n) is 5.96. The predicted molar refractivity (Wildman–Crippen MR) is 67.6 cm³/mol. The fourth-order valence-electron chi connectivity index (χ4n) is 1.92. The number of benzene rings is 1. The first kappa shape index (κ1) is 13.9. The topological polar surface area (TPSA) is 61.3 Å². The van der Waals surface area contributed by atoms with Gasteiger partial charge in [-0.15, -0.1) is 0 Å². The molecule has 1 rings (SSSR count). The largest absolute Gasteiger partial charge is 0.494 e. The van der Waals surface area contributed by atoms with E-state index in [0.717, 1.165) is 5.56 Å². The Bertz CT molecular complexity index is 353. The summed E-state index contributed by atoms with van der Waals surface area (Å²) in [6.07, 6.45) is 0. The van der Waals surface area contributed by atoms with Gasteiger partial charge in [-0.1, -0.05) is 6.92 Å². The molecule has 0 heterocycles. The Morgan fingerprint density at radius 3 is 2.47 bits per heavy atom. The van der Waals surface area contributed by atoms with Gasteiger partial charge in [-0.25, -0.2) is 4.39 Å². The highest BCUT2D eigenvalue weighted by atomic mass is 19.1. The van der Waals surface area contributed by atoms with Gasteiger partial charge < -0.3 is 16.2 Å². The van der Waals surface area contributed by atoms with Crippen LogP contribution in [0.4, 0.5) is 4.39 Å². The van der Waals surface area contributed by atoms with E-state index in [1.165, 1.54) is 12.1 Å². The summed E-state index contributed by atoms with van der Waals surface area (Å²) in [4.78, 5) is 0. The van der Waals surface area contributed by atoms with Crippen LogP contribution in [-0.2, 0) is 0 Å². The van der Waals surface area contributed by atoms with Crippen LogP contribution in [0.2, 0.25) is 0 Å². The summed E-state index contributed by atoms with van der Waals surface area (Å²) in [7, 11) is 0. The van der Waals surface area contributed by atoms with Crippen molar-refractivity contribution >= 4 is 0 Å². The zero-order valence-corrected chi connectivity index (χ0v) is 10.4. The molecule has 0 aliphatic rings. The van der Waals surface area contributed by atoms with Crippen molar-refractivity contribution in [2.24, 2.45) is 17.4 Å². The maximum atomic E-state index is 13.3. The van der Waals surface area contributed by atoms with Crippen molar-refractivity contribution in [1.29, 1.82) is 0 Å². The van der Waals surface area contributed by atoms with Crippen molar-refractivity contribution in [3.05, 3.63) is 29.6 Å². The zero-order valence-electron chi connectivity index (χ0n) is 10.4. The van der Waals surface area contributed by atoms with Crippen molar-refractivity contribution < 1.29 is 9.13 Å². The smallest absolute Gasteiger partial charge is 0.123 e. The van der Waals surface area contributed by atoms with Gasteiger partial charge >= 0.3 is 0 Å². The number of ether oxygens (including phenoxy) is 1. The maximum absolute atomic E-state index is 13.3. The van der Waals surface area contributed by atoms with Gasteiger partial charge in [0.1, 0.15) is 11.6 Å². The minimum absolute atomic E-state index is 0.0854. The summed E-state index contributed by atoms with van der Waals surface area (Å²) < 4.78 is 18.8. The fourth-order valence-corrected chi connectivity index (χ4v) is 1.92. The van der Waals surface area contributed by atoms with Crippen molar-refractivity contribution in [1.82, 2.24) is 0 Å². The second kappa shape index (κ2) is 6.57. The Kier molecular flexibility index (Phi) is 5.38. The van der Waals surface area contributed by atoms with E-state index in [-0.39, 0.29) is 17.7 Å². The molecule has 0 saturated heterocycles. The SMILES string of the molecule is CCOc1ccc(F)cc1C(C)C(CN)CN. The number of rotatable bonds is 6. The monoisotopic (exact) mass is 240 g/mol. The molecular formula is C13H21FN2O. The molecule has 4 heteroatoms. The normalized spacial score (nSPS) is 12.8. The number of halogens is 1. The molecule has 0 amide bonds. The van der Waals surface area contributed by atoms with Crippen LogP contribution in [0.15, 0.2) is 18.2 Å². The Morgan fingerprint density at radius 2 is 1.94 bits per heavy atom. The molecule has 0 saturated carbocycles. The Morgan fingerprint density at radius 1 is 1.29 bits per heavy atom. The van der Waals surface area contributed by atoms with Gasteiger partial charge in [0, 0.05) is 5.56 Å². The van der Waals surface area contributed by atoms with Crippen LogP contribution in [-0.4, -0.2) is 19.7 Å². The standard InChI is InChI=1S/C13H21FN2O/c1-3-17-13-5-4-11(14)6-12(13)9(2)10(7-15)8-16/h4-6,9-10H,3,7-8,15-16H2,1-2H3. The molecular weight excluding hydrogens is 219 g/mol. The molecule has 0 aromatic heterocycles. The highest BCUT2D eigenvalue weighted by Gasteiger charge is 2.20. The molecule has 0 spiro atoms. The molecule has 1 aromatic rings. The summed E-state index contributed by atoms with van der Waals surface area (Å²) in [5, 5.41) is 0. The molecule has 0 aliphatic heterocycles. The van der Waals surface area contributed by atoms with Gasteiger partial charge in [0.25, 0.3) is 0 Å². The highest BCUT2D eigenvalue weighted by molar-refractivity contribution is 5.37.